The third-order valence-corrected chi connectivity index (χ3v) is 5.83. The van der Waals surface area contributed by atoms with Gasteiger partial charge in [0.1, 0.15) is 4.88 Å². The number of nitrogens with one attached hydrogen (secondary N) is 2. The van der Waals surface area contributed by atoms with Gasteiger partial charge in [0.2, 0.25) is 5.91 Å². The molecule has 1 aromatic heterocycles. The van der Waals surface area contributed by atoms with E-state index in [-0.39, 0.29) is 22.4 Å². The summed E-state index contributed by atoms with van der Waals surface area (Å²) in [5.74, 6) is -0.769. The van der Waals surface area contributed by atoms with E-state index in [2.05, 4.69) is 10.6 Å². The minimum atomic E-state index is -0.441. The highest BCUT2D eigenvalue weighted by molar-refractivity contribution is 7.21. The Labute approximate surface area is 169 Å². The molecule has 1 heterocycles. The van der Waals surface area contributed by atoms with Crippen LogP contribution in [0.4, 0.5) is 5.69 Å². The molecule has 0 saturated carbocycles. The summed E-state index contributed by atoms with van der Waals surface area (Å²) in [6.45, 7) is 1.71. The van der Waals surface area contributed by atoms with Crippen LogP contribution in [0.15, 0.2) is 36.4 Å². The molecule has 0 fully saturated rings. The van der Waals surface area contributed by atoms with Gasteiger partial charge < -0.3 is 10.6 Å². The molecule has 0 aliphatic carbocycles. The smallest absolute Gasteiger partial charge is 0.263 e. The molecule has 0 spiro atoms. The Hall–Kier alpha value is -1.79. The van der Waals surface area contributed by atoms with Crippen molar-refractivity contribution in [1.29, 1.82) is 0 Å². The first-order valence-electron chi connectivity index (χ1n) is 7.57. The number of fused-ring (bicyclic) bond motifs is 1. The lowest BCUT2D eigenvalue weighted by Crippen LogP contribution is -2.32. The van der Waals surface area contributed by atoms with Gasteiger partial charge in [-0.15, -0.1) is 11.3 Å². The van der Waals surface area contributed by atoms with Crippen LogP contribution in [0, 0.1) is 6.92 Å². The first kappa shape index (κ1) is 19.0. The zero-order valence-electron chi connectivity index (χ0n) is 13.5. The van der Waals surface area contributed by atoms with Gasteiger partial charge in [-0.3, -0.25) is 9.59 Å². The average molecular weight is 428 g/mol. The van der Waals surface area contributed by atoms with E-state index in [1.165, 1.54) is 11.3 Å². The minimum Gasteiger partial charge on any atom is -0.342 e. The highest BCUT2D eigenvalue weighted by atomic mass is 35.5. The molecule has 134 valence electrons. The molecular formula is C18H13Cl3N2O2S. The predicted octanol–water partition coefficient (Wildman–Crippen LogP) is 5.54. The van der Waals surface area contributed by atoms with Crippen LogP contribution in [-0.2, 0) is 4.79 Å². The number of halogens is 3. The minimum absolute atomic E-state index is 0.174. The van der Waals surface area contributed by atoms with Crippen LogP contribution in [0.1, 0.15) is 15.2 Å². The molecule has 0 saturated heterocycles. The molecule has 0 aliphatic heterocycles. The summed E-state index contributed by atoms with van der Waals surface area (Å²) >= 11 is 19.6. The average Bonchev–Trinajstić information content (AvgIpc) is 2.91. The number of benzene rings is 2. The van der Waals surface area contributed by atoms with E-state index in [9.17, 15) is 9.59 Å². The highest BCUT2D eigenvalue weighted by Crippen LogP contribution is 2.41. The van der Waals surface area contributed by atoms with Crippen molar-refractivity contribution in [2.75, 3.05) is 11.9 Å². The Balaban J connectivity index is 1.71. The Morgan fingerprint density at radius 2 is 1.85 bits per heavy atom. The van der Waals surface area contributed by atoms with Crippen LogP contribution in [-0.4, -0.2) is 18.4 Å². The molecule has 0 bridgehead atoms. The number of rotatable bonds is 4. The second-order valence-corrected chi connectivity index (χ2v) is 7.83. The molecule has 2 aromatic carbocycles. The maximum atomic E-state index is 12.4. The first-order chi connectivity index (χ1) is 12.4. The summed E-state index contributed by atoms with van der Waals surface area (Å²) in [4.78, 5) is 24.8. The quantitative estimate of drug-likeness (QED) is 0.574. The fourth-order valence-electron chi connectivity index (χ4n) is 2.41. The van der Waals surface area contributed by atoms with Gasteiger partial charge >= 0.3 is 0 Å². The maximum absolute atomic E-state index is 12.4. The van der Waals surface area contributed by atoms with E-state index >= 15 is 0 Å². The molecule has 26 heavy (non-hydrogen) atoms. The fourth-order valence-corrected chi connectivity index (χ4v) is 4.70. The van der Waals surface area contributed by atoms with Crippen molar-refractivity contribution in [3.63, 3.8) is 0 Å². The van der Waals surface area contributed by atoms with Gasteiger partial charge in [-0.25, -0.2) is 0 Å². The summed E-state index contributed by atoms with van der Waals surface area (Å²) in [5, 5.41) is 7.00. The molecule has 2 N–H and O–H groups in total. The summed E-state index contributed by atoms with van der Waals surface area (Å²) in [7, 11) is 0. The Bertz CT molecular complexity index is 1020. The van der Waals surface area contributed by atoms with Gasteiger partial charge in [0.25, 0.3) is 5.91 Å². The largest absolute Gasteiger partial charge is 0.342 e. The monoisotopic (exact) mass is 426 g/mol. The number of hydrogen-bond donors (Lipinski definition) is 2. The van der Waals surface area contributed by atoms with Crippen LogP contribution >= 0.6 is 46.1 Å². The molecule has 3 aromatic rings. The lowest BCUT2D eigenvalue weighted by molar-refractivity contribution is -0.115. The number of aryl methyl sites for hydroxylation is 1. The molecular weight excluding hydrogens is 415 g/mol. The van der Waals surface area contributed by atoms with Crippen molar-refractivity contribution in [2.45, 2.75) is 6.92 Å². The van der Waals surface area contributed by atoms with Crippen molar-refractivity contribution >= 4 is 73.7 Å². The lowest BCUT2D eigenvalue weighted by Gasteiger charge is -2.08. The number of para-hydroxylation sites is 1. The zero-order valence-corrected chi connectivity index (χ0v) is 16.6. The van der Waals surface area contributed by atoms with Gasteiger partial charge in [-0.2, -0.15) is 0 Å². The molecule has 0 atom stereocenters. The fraction of sp³-hybridized carbons (Fsp3) is 0.111. The van der Waals surface area contributed by atoms with E-state index in [1.807, 2.05) is 25.1 Å². The molecule has 3 rings (SSSR count). The van der Waals surface area contributed by atoms with E-state index in [1.54, 1.807) is 18.2 Å². The maximum Gasteiger partial charge on any atom is 0.263 e. The lowest BCUT2D eigenvalue weighted by atomic mass is 10.2. The van der Waals surface area contributed by atoms with E-state index < -0.39 is 5.91 Å². The second kappa shape index (κ2) is 7.84. The van der Waals surface area contributed by atoms with Crippen LogP contribution < -0.4 is 10.6 Å². The van der Waals surface area contributed by atoms with Crippen LogP contribution in [0.5, 0.6) is 0 Å². The standard InChI is InChI=1S/C18H13Cl3N2O2S/c1-9-4-2-3-5-12(9)23-14(24)8-22-18(25)17-16(21)15-11(20)6-10(19)7-13(15)26-17/h2-7H,8H2,1H3,(H,22,25)(H,23,24). The van der Waals surface area contributed by atoms with Gasteiger partial charge in [-0.1, -0.05) is 53.0 Å². The Morgan fingerprint density at radius 3 is 2.58 bits per heavy atom. The van der Waals surface area contributed by atoms with Gasteiger partial charge in [0.15, 0.2) is 0 Å². The molecule has 0 radical (unpaired) electrons. The molecule has 2 amide bonds. The van der Waals surface area contributed by atoms with E-state index in [0.29, 0.717) is 25.8 Å². The van der Waals surface area contributed by atoms with Crippen LogP contribution in [0.2, 0.25) is 15.1 Å². The number of thiophene rings is 1. The third-order valence-electron chi connectivity index (χ3n) is 3.68. The van der Waals surface area contributed by atoms with E-state index in [4.69, 9.17) is 34.8 Å². The molecule has 0 aliphatic rings. The van der Waals surface area contributed by atoms with Gasteiger partial charge in [0.05, 0.1) is 16.6 Å². The topological polar surface area (TPSA) is 58.2 Å². The summed E-state index contributed by atoms with van der Waals surface area (Å²) < 4.78 is 0.710. The van der Waals surface area contributed by atoms with Crippen molar-refractivity contribution in [3.8, 4) is 0 Å². The Kier molecular flexibility index (Phi) is 5.73. The molecule has 4 nitrogen and oxygen atoms in total. The number of carbonyl (C=O) groups is 2. The highest BCUT2D eigenvalue weighted by Gasteiger charge is 2.20. The van der Waals surface area contributed by atoms with Crippen LogP contribution in [0.25, 0.3) is 10.1 Å². The van der Waals surface area contributed by atoms with Crippen molar-refractivity contribution in [3.05, 3.63) is 61.9 Å². The number of amides is 2. The third kappa shape index (κ3) is 3.96. The van der Waals surface area contributed by atoms with Crippen molar-refractivity contribution < 1.29 is 9.59 Å². The first-order valence-corrected chi connectivity index (χ1v) is 9.52. The predicted molar refractivity (Wildman–Crippen MR) is 109 cm³/mol. The summed E-state index contributed by atoms with van der Waals surface area (Å²) in [6.07, 6.45) is 0. The number of carbonyl (C=O) groups excluding carboxylic acids is 2. The number of hydrogen-bond acceptors (Lipinski definition) is 3. The van der Waals surface area contributed by atoms with Crippen molar-refractivity contribution in [1.82, 2.24) is 5.32 Å². The normalized spacial score (nSPS) is 10.8. The van der Waals surface area contributed by atoms with Gasteiger partial charge in [-0.05, 0) is 30.7 Å². The SMILES string of the molecule is Cc1ccccc1NC(=O)CNC(=O)c1sc2cc(Cl)cc(Cl)c2c1Cl. The van der Waals surface area contributed by atoms with E-state index in [0.717, 1.165) is 5.56 Å². The van der Waals surface area contributed by atoms with Gasteiger partial charge in [0, 0.05) is 20.8 Å². The summed E-state index contributed by atoms with van der Waals surface area (Å²) in [5.41, 5.74) is 1.64. The molecule has 8 heteroatoms. The number of anilines is 1. The Morgan fingerprint density at radius 1 is 1.12 bits per heavy atom. The second-order valence-electron chi connectivity index (χ2n) is 5.55. The summed E-state index contributed by atoms with van der Waals surface area (Å²) in [6, 6.07) is 10.7. The molecule has 0 unspecified atom stereocenters. The van der Waals surface area contributed by atoms with Crippen molar-refractivity contribution in [2.24, 2.45) is 0 Å². The zero-order chi connectivity index (χ0) is 18.8. The van der Waals surface area contributed by atoms with Crippen LogP contribution in [0.3, 0.4) is 0 Å².